The lowest BCUT2D eigenvalue weighted by Gasteiger charge is -2.35. The highest BCUT2D eigenvalue weighted by Crippen LogP contribution is 2.49. The predicted octanol–water partition coefficient (Wildman–Crippen LogP) is 5.80. The number of carbonyl (C=O) groups is 1. The normalized spacial score (nSPS) is 19.2. The summed E-state index contributed by atoms with van der Waals surface area (Å²) in [4.78, 5) is 36.3. The number of aromatic amines is 1. The largest absolute Gasteiger partial charge is 0.492 e. The molecular weight excluding hydrogens is 522 g/mol. The van der Waals surface area contributed by atoms with Crippen molar-refractivity contribution in [3.63, 3.8) is 0 Å². The molecule has 1 aliphatic carbocycles. The lowest BCUT2D eigenvalue weighted by Crippen LogP contribution is -2.40. The first-order valence-electron chi connectivity index (χ1n) is 14.2. The lowest BCUT2D eigenvalue weighted by molar-refractivity contribution is 0.0722. The third kappa shape index (κ3) is 5.31. The minimum Gasteiger partial charge on any atom is -0.492 e. The number of nitrogens with zero attached hydrogens (tertiary/aromatic N) is 2. The highest BCUT2D eigenvalue weighted by atomic mass is 32.1. The van der Waals surface area contributed by atoms with Gasteiger partial charge in [-0.25, -0.2) is 0 Å². The topological polar surface area (TPSA) is 74.9 Å². The zero-order valence-electron chi connectivity index (χ0n) is 24.8. The number of rotatable bonds is 7. The van der Waals surface area contributed by atoms with Gasteiger partial charge in [0.05, 0.1) is 25.3 Å². The maximum absolute atomic E-state index is 14.2. The summed E-state index contributed by atoms with van der Waals surface area (Å²) in [5.41, 5.74) is 5.71. The molecule has 1 aliphatic heterocycles. The summed E-state index contributed by atoms with van der Waals surface area (Å²) in [6.07, 6.45) is 4.85. The van der Waals surface area contributed by atoms with Gasteiger partial charge in [0.15, 0.2) is 11.5 Å². The molecule has 1 saturated carbocycles. The first kappa shape index (κ1) is 28.4. The lowest BCUT2D eigenvalue weighted by atomic mass is 9.87. The Morgan fingerprint density at radius 1 is 1.02 bits per heavy atom. The summed E-state index contributed by atoms with van der Waals surface area (Å²) in [7, 11) is 5.98. The van der Waals surface area contributed by atoms with Crippen LogP contribution < -0.4 is 15.0 Å². The number of ether oxygens (including phenoxy) is 2. The average molecular weight is 564 g/mol. The summed E-state index contributed by atoms with van der Waals surface area (Å²) in [5, 5.41) is 0. The first-order valence-corrected chi connectivity index (χ1v) is 15.0. The van der Waals surface area contributed by atoms with Crippen molar-refractivity contribution in [2.75, 3.05) is 27.7 Å². The van der Waals surface area contributed by atoms with Gasteiger partial charge in [-0.15, -0.1) is 11.3 Å². The van der Waals surface area contributed by atoms with Crippen LogP contribution in [0, 0.1) is 27.7 Å². The van der Waals surface area contributed by atoms with E-state index in [9.17, 15) is 9.59 Å². The number of benzene rings is 1. The molecule has 1 N–H and O–H groups in total. The number of pyridine rings is 1. The Morgan fingerprint density at radius 2 is 1.75 bits per heavy atom. The van der Waals surface area contributed by atoms with Crippen molar-refractivity contribution in [2.45, 2.75) is 78.5 Å². The van der Waals surface area contributed by atoms with Gasteiger partial charge < -0.3 is 24.3 Å². The number of carbonyl (C=O) groups excluding carboxylic acids is 1. The van der Waals surface area contributed by atoms with Gasteiger partial charge in [-0.2, -0.15) is 0 Å². The maximum Gasteiger partial charge on any atom is 0.254 e. The third-order valence-corrected chi connectivity index (χ3v) is 9.60. The molecule has 8 heteroatoms. The van der Waals surface area contributed by atoms with Crippen LogP contribution in [-0.4, -0.2) is 60.6 Å². The molecular formula is C32H41N3O4S. The van der Waals surface area contributed by atoms with Crippen molar-refractivity contribution in [1.29, 1.82) is 0 Å². The van der Waals surface area contributed by atoms with E-state index in [4.69, 9.17) is 9.47 Å². The molecule has 5 rings (SSSR count). The van der Waals surface area contributed by atoms with Gasteiger partial charge in [-0.1, -0.05) is 0 Å². The fraction of sp³-hybridized carbons (Fsp3) is 0.500. The molecule has 0 radical (unpaired) electrons. The van der Waals surface area contributed by atoms with Crippen LogP contribution in [0.5, 0.6) is 11.5 Å². The zero-order chi connectivity index (χ0) is 28.7. The van der Waals surface area contributed by atoms with Crippen molar-refractivity contribution in [3.05, 3.63) is 66.9 Å². The number of nitrogens with one attached hydrogen (secondary N) is 1. The third-order valence-electron chi connectivity index (χ3n) is 8.58. The minimum atomic E-state index is -0.130. The van der Waals surface area contributed by atoms with E-state index in [0.717, 1.165) is 64.3 Å². The van der Waals surface area contributed by atoms with Crippen LogP contribution in [0.4, 0.5) is 0 Å². The van der Waals surface area contributed by atoms with Gasteiger partial charge in [-0.3, -0.25) is 9.59 Å². The maximum atomic E-state index is 14.2. The standard InChI is InChI=1S/C32H41N3O4S/c1-18-16-19(2)33-31(36)25(18)17-35-15-14-24-27(32(35)37)21(4)29(39-23-11-9-22(10-12-23)34(5)6)30(38-7)28(24)26-13-8-20(3)40-26/h8,13,16,22-23H,9-12,14-15,17H2,1-7H3,(H,33,36)/t22-,23-. The smallest absolute Gasteiger partial charge is 0.254 e. The molecule has 0 unspecified atom stereocenters. The first-order chi connectivity index (χ1) is 19.1. The Morgan fingerprint density at radius 3 is 2.35 bits per heavy atom. The van der Waals surface area contributed by atoms with Crippen LogP contribution in [0.2, 0.25) is 0 Å². The predicted molar refractivity (Wildman–Crippen MR) is 161 cm³/mol. The molecule has 214 valence electrons. The van der Waals surface area contributed by atoms with Crippen LogP contribution in [0.15, 0.2) is 23.0 Å². The number of methoxy groups -OCH3 is 1. The van der Waals surface area contributed by atoms with Gasteiger partial charge in [0, 0.05) is 44.7 Å². The Labute approximate surface area is 241 Å². The molecule has 3 aromatic rings. The fourth-order valence-electron chi connectivity index (χ4n) is 6.36. The number of H-pyrrole nitrogens is 1. The van der Waals surface area contributed by atoms with Crippen LogP contribution in [0.1, 0.15) is 68.9 Å². The van der Waals surface area contributed by atoms with Crippen LogP contribution in [0.3, 0.4) is 0 Å². The molecule has 1 aromatic carbocycles. The van der Waals surface area contributed by atoms with Gasteiger partial charge in [0.1, 0.15) is 0 Å². The Balaban J connectivity index is 1.58. The minimum absolute atomic E-state index is 0.0588. The van der Waals surface area contributed by atoms with Crippen molar-refractivity contribution in [1.82, 2.24) is 14.8 Å². The highest BCUT2D eigenvalue weighted by Gasteiger charge is 2.35. The van der Waals surface area contributed by atoms with E-state index in [1.165, 1.54) is 4.88 Å². The van der Waals surface area contributed by atoms with Gasteiger partial charge in [0.2, 0.25) is 0 Å². The molecule has 3 heterocycles. The summed E-state index contributed by atoms with van der Waals surface area (Å²) >= 11 is 1.71. The molecule has 0 saturated heterocycles. The van der Waals surface area contributed by atoms with E-state index in [2.05, 4.69) is 43.0 Å². The molecule has 1 fully saturated rings. The van der Waals surface area contributed by atoms with Crippen LogP contribution in [0.25, 0.3) is 10.4 Å². The van der Waals surface area contributed by atoms with Crippen molar-refractivity contribution < 1.29 is 14.3 Å². The molecule has 2 aliphatic rings. The second-order valence-corrected chi connectivity index (χ2v) is 12.8. The molecule has 0 atom stereocenters. The Kier molecular flexibility index (Phi) is 8.11. The SMILES string of the molecule is COc1c(O[C@H]2CC[C@H](N(C)C)CC2)c(C)c2c(c1-c1ccc(C)s1)CCN(Cc1c(C)cc(C)[nH]c1=O)C2=O. The van der Waals surface area contributed by atoms with Crippen molar-refractivity contribution in [3.8, 4) is 21.9 Å². The highest BCUT2D eigenvalue weighted by molar-refractivity contribution is 7.15. The number of thiophene rings is 1. The number of hydrogen-bond acceptors (Lipinski definition) is 6. The Hall–Kier alpha value is -3.10. The number of aromatic nitrogens is 1. The molecule has 0 bridgehead atoms. The van der Waals surface area contributed by atoms with Crippen LogP contribution in [-0.2, 0) is 13.0 Å². The van der Waals surface area contributed by atoms with Crippen molar-refractivity contribution >= 4 is 17.2 Å². The number of fused-ring (bicyclic) bond motifs is 1. The summed E-state index contributed by atoms with van der Waals surface area (Å²) in [5.74, 6) is 1.34. The average Bonchev–Trinajstić information content (AvgIpc) is 3.34. The van der Waals surface area contributed by atoms with Gasteiger partial charge in [0.25, 0.3) is 11.5 Å². The zero-order valence-corrected chi connectivity index (χ0v) is 25.6. The molecule has 7 nitrogen and oxygen atoms in total. The van der Waals surface area contributed by atoms with E-state index in [0.29, 0.717) is 35.9 Å². The van der Waals surface area contributed by atoms with Crippen molar-refractivity contribution in [2.24, 2.45) is 0 Å². The van der Waals surface area contributed by atoms with Crippen LogP contribution >= 0.6 is 11.3 Å². The molecule has 40 heavy (non-hydrogen) atoms. The fourth-order valence-corrected chi connectivity index (χ4v) is 7.30. The summed E-state index contributed by atoms with van der Waals surface area (Å²) in [6.45, 7) is 8.70. The summed E-state index contributed by atoms with van der Waals surface area (Å²) < 4.78 is 12.9. The monoisotopic (exact) mass is 563 g/mol. The summed E-state index contributed by atoms with van der Waals surface area (Å²) in [6, 6.07) is 6.76. The van der Waals surface area contributed by atoms with E-state index in [1.54, 1.807) is 18.4 Å². The van der Waals surface area contributed by atoms with E-state index >= 15 is 0 Å². The van der Waals surface area contributed by atoms with Gasteiger partial charge >= 0.3 is 0 Å². The number of amides is 1. The second-order valence-electron chi connectivity index (χ2n) is 11.6. The van der Waals surface area contributed by atoms with E-state index in [1.807, 2.05) is 31.7 Å². The number of hydrogen-bond donors (Lipinski definition) is 1. The van der Waals surface area contributed by atoms with Gasteiger partial charge in [-0.05, 0) is 103 Å². The molecule has 1 amide bonds. The quantitative estimate of drug-likeness (QED) is 0.394. The molecule has 2 aromatic heterocycles. The second kappa shape index (κ2) is 11.4. The number of aryl methyl sites for hydroxylation is 3. The van der Waals surface area contributed by atoms with E-state index < -0.39 is 0 Å². The van der Waals surface area contributed by atoms with E-state index in [-0.39, 0.29) is 24.1 Å². The Bertz CT molecular complexity index is 1480. The molecule has 0 spiro atoms.